The van der Waals surface area contributed by atoms with Crippen LogP contribution in [0.2, 0.25) is 5.02 Å². The Labute approximate surface area is 137 Å². The summed E-state index contributed by atoms with van der Waals surface area (Å²) in [6.45, 7) is 4.85. The lowest BCUT2D eigenvalue weighted by atomic mass is 10.2. The summed E-state index contributed by atoms with van der Waals surface area (Å²) in [5.41, 5.74) is 1.60. The van der Waals surface area contributed by atoms with Crippen LogP contribution >= 0.6 is 27.5 Å². The molecular formula is C15H18BrClFN3. The first kappa shape index (κ1) is 16.3. The van der Waals surface area contributed by atoms with Crippen molar-refractivity contribution < 1.29 is 4.39 Å². The number of nitrogens with zero attached hydrogens (tertiary/aromatic N) is 2. The average Bonchev–Trinajstić information content (AvgIpc) is 2.87. The lowest BCUT2D eigenvalue weighted by Gasteiger charge is -2.13. The van der Waals surface area contributed by atoms with Gasteiger partial charge in [-0.2, -0.15) is 5.10 Å². The maximum Gasteiger partial charge on any atom is 0.125 e. The van der Waals surface area contributed by atoms with Crippen molar-refractivity contribution in [2.45, 2.75) is 39.3 Å². The zero-order chi connectivity index (χ0) is 15.4. The van der Waals surface area contributed by atoms with E-state index in [9.17, 15) is 4.39 Å². The molecule has 1 aromatic carbocycles. The lowest BCUT2D eigenvalue weighted by molar-refractivity contribution is 0.426. The van der Waals surface area contributed by atoms with Crippen molar-refractivity contribution in [2.75, 3.05) is 5.32 Å². The summed E-state index contributed by atoms with van der Waals surface area (Å²) < 4.78 is 15.8. The molecule has 1 aromatic heterocycles. The largest absolute Gasteiger partial charge is 0.377 e. The van der Waals surface area contributed by atoms with Crippen LogP contribution in [0.15, 0.2) is 28.9 Å². The fraction of sp³-hybridized carbons (Fsp3) is 0.400. The van der Waals surface area contributed by atoms with Crippen LogP contribution in [0, 0.1) is 5.82 Å². The molecule has 0 amide bonds. The first-order valence-corrected chi connectivity index (χ1v) is 8.14. The number of benzene rings is 1. The van der Waals surface area contributed by atoms with Crippen LogP contribution in [-0.4, -0.2) is 9.78 Å². The minimum absolute atomic E-state index is 0.348. The molecule has 6 heteroatoms. The zero-order valence-corrected chi connectivity index (χ0v) is 14.4. The maximum absolute atomic E-state index is 13.2. The van der Waals surface area contributed by atoms with Gasteiger partial charge in [0.05, 0.1) is 29.0 Å². The van der Waals surface area contributed by atoms with Gasteiger partial charge in [-0.3, -0.25) is 4.68 Å². The molecule has 0 bridgehead atoms. The molecule has 1 heterocycles. The summed E-state index contributed by atoms with van der Waals surface area (Å²) in [6, 6.07) is 5.09. The molecule has 21 heavy (non-hydrogen) atoms. The number of hydrogen-bond donors (Lipinski definition) is 1. The summed E-state index contributed by atoms with van der Waals surface area (Å²) in [4.78, 5) is 0. The SMILES string of the molecule is CCC(CC)n1ccc(CNc2c(Cl)cc(F)cc2Br)n1. The van der Waals surface area contributed by atoms with Gasteiger partial charge in [-0.25, -0.2) is 4.39 Å². The number of aromatic nitrogens is 2. The Bertz CT molecular complexity index is 588. The van der Waals surface area contributed by atoms with Crippen molar-refractivity contribution in [1.82, 2.24) is 9.78 Å². The van der Waals surface area contributed by atoms with Crippen molar-refractivity contribution in [3.8, 4) is 0 Å². The molecule has 2 aromatic rings. The van der Waals surface area contributed by atoms with Crippen LogP contribution < -0.4 is 5.32 Å². The van der Waals surface area contributed by atoms with Gasteiger partial charge >= 0.3 is 0 Å². The maximum atomic E-state index is 13.2. The Morgan fingerprint density at radius 3 is 2.71 bits per heavy atom. The zero-order valence-electron chi connectivity index (χ0n) is 12.0. The molecule has 0 saturated heterocycles. The van der Waals surface area contributed by atoms with Crippen molar-refractivity contribution in [3.63, 3.8) is 0 Å². The normalized spacial score (nSPS) is 11.1. The Hall–Kier alpha value is -1.07. The molecule has 1 N–H and O–H groups in total. The highest BCUT2D eigenvalue weighted by Crippen LogP contribution is 2.32. The molecule has 2 rings (SSSR count). The van der Waals surface area contributed by atoms with Crippen molar-refractivity contribution in [3.05, 3.63) is 45.4 Å². The Morgan fingerprint density at radius 2 is 2.10 bits per heavy atom. The monoisotopic (exact) mass is 373 g/mol. The molecule has 0 atom stereocenters. The van der Waals surface area contributed by atoms with Crippen molar-refractivity contribution >= 4 is 33.2 Å². The summed E-state index contributed by atoms with van der Waals surface area (Å²) >= 11 is 9.35. The predicted molar refractivity (Wildman–Crippen MR) is 88.3 cm³/mol. The van der Waals surface area contributed by atoms with Gasteiger partial charge in [0, 0.05) is 10.7 Å². The number of hydrogen-bond acceptors (Lipinski definition) is 2. The summed E-state index contributed by atoms with van der Waals surface area (Å²) in [5, 5.41) is 8.11. The minimum atomic E-state index is -0.365. The van der Waals surface area contributed by atoms with E-state index >= 15 is 0 Å². The quantitative estimate of drug-likeness (QED) is 0.732. The smallest absolute Gasteiger partial charge is 0.125 e. The molecular weight excluding hydrogens is 357 g/mol. The van der Waals surface area contributed by atoms with Gasteiger partial charge in [0.15, 0.2) is 0 Å². The van der Waals surface area contributed by atoms with Crippen LogP contribution in [0.1, 0.15) is 38.4 Å². The van der Waals surface area contributed by atoms with E-state index in [0.717, 1.165) is 18.5 Å². The highest BCUT2D eigenvalue weighted by atomic mass is 79.9. The van der Waals surface area contributed by atoms with Gasteiger partial charge in [0.1, 0.15) is 5.82 Å². The number of halogens is 3. The molecule has 0 aliphatic rings. The second kappa shape index (κ2) is 7.27. The second-order valence-electron chi connectivity index (χ2n) is 4.86. The Balaban J connectivity index is 2.07. The van der Waals surface area contributed by atoms with E-state index in [2.05, 4.69) is 40.2 Å². The molecule has 0 aliphatic carbocycles. The van der Waals surface area contributed by atoms with Crippen molar-refractivity contribution in [2.24, 2.45) is 0 Å². The van der Waals surface area contributed by atoms with Gasteiger partial charge in [0.25, 0.3) is 0 Å². The number of nitrogens with one attached hydrogen (secondary N) is 1. The topological polar surface area (TPSA) is 29.9 Å². The first-order valence-electron chi connectivity index (χ1n) is 6.97. The molecule has 0 saturated carbocycles. The fourth-order valence-corrected chi connectivity index (χ4v) is 3.19. The highest BCUT2D eigenvalue weighted by molar-refractivity contribution is 9.10. The molecule has 0 radical (unpaired) electrons. The standard InChI is InChI=1S/C15H18BrClFN3/c1-3-12(4-2)21-6-5-11(20-21)9-19-15-13(16)7-10(18)8-14(15)17/h5-8,12,19H,3-4,9H2,1-2H3. The second-order valence-corrected chi connectivity index (χ2v) is 6.12. The van der Waals surface area contributed by atoms with Gasteiger partial charge in [-0.05, 0) is 47.0 Å². The molecule has 3 nitrogen and oxygen atoms in total. The van der Waals surface area contributed by atoms with E-state index in [1.165, 1.54) is 12.1 Å². The third-order valence-electron chi connectivity index (χ3n) is 3.43. The molecule has 0 spiro atoms. The average molecular weight is 375 g/mol. The van der Waals surface area contributed by atoms with E-state index in [4.69, 9.17) is 11.6 Å². The predicted octanol–water partition coefficient (Wildman–Crippen LogP) is 5.41. The summed E-state index contributed by atoms with van der Waals surface area (Å²) in [7, 11) is 0. The van der Waals surface area contributed by atoms with Crippen LogP contribution in [0.3, 0.4) is 0 Å². The Kier molecular flexibility index (Phi) is 5.65. The fourth-order valence-electron chi connectivity index (χ4n) is 2.23. The molecule has 0 unspecified atom stereocenters. The number of rotatable bonds is 6. The highest BCUT2D eigenvalue weighted by Gasteiger charge is 2.10. The van der Waals surface area contributed by atoms with E-state index in [1.54, 1.807) is 0 Å². The minimum Gasteiger partial charge on any atom is -0.377 e. The van der Waals surface area contributed by atoms with E-state index in [-0.39, 0.29) is 5.82 Å². The van der Waals surface area contributed by atoms with Gasteiger partial charge in [-0.15, -0.1) is 0 Å². The van der Waals surface area contributed by atoms with Crippen molar-refractivity contribution in [1.29, 1.82) is 0 Å². The Morgan fingerprint density at radius 1 is 1.38 bits per heavy atom. The van der Waals surface area contributed by atoms with Crippen LogP contribution in [0.25, 0.3) is 0 Å². The molecule has 0 aliphatic heterocycles. The van der Waals surface area contributed by atoms with E-state index < -0.39 is 0 Å². The van der Waals surface area contributed by atoms with Crippen LogP contribution in [0.4, 0.5) is 10.1 Å². The number of anilines is 1. The van der Waals surface area contributed by atoms with E-state index in [0.29, 0.717) is 27.8 Å². The molecule has 0 fully saturated rings. The third-order valence-corrected chi connectivity index (χ3v) is 4.36. The third kappa shape index (κ3) is 3.98. The van der Waals surface area contributed by atoms with E-state index in [1.807, 2.05) is 16.9 Å². The lowest BCUT2D eigenvalue weighted by Crippen LogP contribution is -2.09. The first-order chi connectivity index (χ1) is 10.0. The van der Waals surface area contributed by atoms with Gasteiger partial charge in [-0.1, -0.05) is 25.4 Å². The van der Waals surface area contributed by atoms with Gasteiger partial charge < -0.3 is 5.32 Å². The van der Waals surface area contributed by atoms with Crippen LogP contribution in [-0.2, 0) is 6.54 Å². The summed E-state index contributed by atoms with van der Waals surface area (Å²) in [6.07, 6.45) is 4.11. The van der Waals surface area contributed by atoms with Gasteiger partial charge in [0.2, 0.25) is 0 Å². The molecule has 114 valence electrons. The van der Waals surface area contributed by atoms with Crippen LogP contribution in [0.5, 0.6) is 0 Å². The summed E-state index contributed by atoms with van der Waals surface area (Å²) in [5.74, 6) is -0.365.